The first-order valence-corrected chi connectivity index (χ1v) is 5.10. The average molecular weight is 176 g/mol. The van der Waals surface area contributed by atoms with Crippen LogP contribution in [-0.4, -0.2) is 0 Å². The first kappa shape index (κ1) is 7.93. The Hall–Kier alpha value is -0.690. The monoisotopic (exact) mass is 176 g/mol. The molecule has 0 amide bonds. The smallest absolute Gasteiger partial charge is 0.0157 e. The molecule has 1 aromatic rings. The third-order valence-corrected chi connectivity index (χ3v) is 3.47. The Labute approximate surface area is 77.7 Å². The number of thioether (sulfide) groups is 1. The molecule has 0 aromatic heterocycles. The SMILES string of the molecule is C=C1Sc2ccccc2C1CC. The van der Waals surface area contributed by atoms with Crippen LogP contribution in [0.1, 0.15) is 24.8 Å². The normalized spacial score (nSPS) is 21.1. The highest BCUT2D eigenvalue weighted by Crippen LogP contribution is 2.48. The van der Waals surface area contributed by atoms with Crippen LogP contribution >= 0.6 is 11.8 Å². The van der Waals surface area contributed by atoms with Crippen molar-refractivity contribution in [3.63, 3.8) is 0 Å². The Bertz CT molecular complexity index is 315. The summed E-state index contributed by atoms with van der Waals surface area (Å²) in [5.74, 6) is 0.589. The zero-order chi connectivity index (χ0) is 8.55. The van der Waals surface area contributed by atoms with Crippen molar-refractivity contribution in [1.29, 1.82) is 0 Å². The fraction of sp³-hybridized carbons (Fsp3) is 0.273. The summed E-state index contributed by atoms with van der Waals surface area (Å²) in [6, 6.07) is 8.60. The molecular formula is C11H12S. The lowest BCUT2D eigenvalue weighted by atomic mass is 9.97. The van der Waals surface area contributed by atoms with Gasteiger partial charge in [0, 0.05) is 10.8 Å². The lowest BCUT2D eigenvalue weighted by Gasteiger charge is -2.07. The molecule has 1 unspecified atom stereocenters. The van der Waals surface area contributed by atoms with Crippen molar-refractivity contribution in [2.45, 2.75) is 24.2 Å². The van der Waals surface area contributed by atoms with Crippen molar-refractivity contribution in [3.05, 3.63) is 41.3 Å². The van der Waals surface area contributed by atoms with E-state index < -0.39 is 0 Å². The molecule has 2 rings (SSSR count). The molecule has 0 aliphatic carbocycles. The Morgan fingerprint density at radius 3 is 2.92 bits per heavy atom. The van der Waals surface area contributed by atoms with E-state index in [4.69, 9.17) is 0 Å². The van der Waals surface area contributed by atoms with Crippen molar-refractivity contribution in [2.24, 2.45) is 0 Å². The second-order valence-electron chi connectivity index (χ2n) is 3.07. The minimum atomic E-state index is 0.589. The molecule has 1 heteroatoms. The average Bonchev–Trinajstić information content (AvgIpc) is 2.40. The molecule has 0 radical (unpaired) electrons. The van der Waals surface area contributed by atoms with E-state index in [-0.39, 0.29) is 0 Å². The molecule has 1 aliphatic rings. The first-order chi connectivity index (χ1) is 5.83. The molecule has 0 N–H and O–H groups in total. The summed E-state index contributed by atoms with van der Waals surface area (Å²) in [7, 11) is 0. The van der Waals surface area contributed by atoms with E-state index in [1.54, 1.807) is 0 Å². The van der Waals surface area contributed by atoms with E-state index in [1.807, 2.05) is 11.8 Å². The molecule has 1 heterocycles. The maximum absolute atomic E-state index is 4.08. The third kappa shape index (κ3) is 1.09. The lowest BCUT2D eigenvalue weighted by Crippen LogP contribution is -1.91. The zero-order valence-corrected chi connectivity index (χ0v) is 8.03. The predicted octanol–water partition coefficient (Wildman–Crippen LogP) is 3.80. The topological polar surface area (TPSA) is 0 Å². The molecule has 0 saturated heterocycles. The van der Waals surface area contributed by atoms with Gasteiger partial charge in [0.1, 0.15) is 0 Å². The van der Waals surface area contributed by atoms with Crippen molar-refractivity contribution in [2.75, 3.05) is 0 Å². The van der Waals surface area contributed by atoms with Gasteiger partial charge in [-0.05, 0) is 23.0 Å². The summed E-state index contributed by atoms with van der Waals surface area (Å²) in [5.41, 5.74) is 1.47. The molecule has 0 fully saturated rings. The van der Waals surface area contributed by atoms with Gasteiger partial charge in [-0.1, -0.05) is 43.5 Å². The first-order valence-electron chi connectivity index (χ1n) is 4.28. The molecule has 0 nitrogen and oxygen atoms in total. The number of rotatable bonds is 1. The van der Waals surface area contributed by atoms with Crippen LogP contribution in [0.15, 0.2) is 40.6 Å². The van der Waals surface area contributed by atoms with Crippen LogP contribution in [0.4, 0.5) is 0 Å². The van der Waals surface area contributed by atoms with E-state index in [9.17, 15) is 0 Å². The van der Waals surface area contributed by atoms with Gasteiger partial charge < -0.3 is 0 Å². The van der Waals surface area contributed by atoms with E-state index in [1.165, 1.54) is 21.8 Å². The number of fused-ring (bicyclic) bond motifs is 1. The van der Waals surface area contributed by atoms with Crippen LogP contribution in [0.2, 0.25) is 0 Å². The van der Waals surface area contributed by atoms with Gasteiger partial charge >= 0.3 is 0 Å². The Balaban J connectivity index is 2.47. The molecule has 1 aliphatic heterocycles. The molecule has 0 spiro atoms. The molecule has 12 heavy (non-hydrogen) atoms. The highest BCUT2D eigenvalue weighted by Gasteiger charge is 2.24. The summed E-state index contributed by atoms with van der Waals surface area (Å²) in [5, 5.41) is 0. The van der Waals surface area contributed by atoms with Gasteiger partial charge in [-0.15, -0.1) is 0 Å². The minimum Gasteiger partial charge on any atom is -0.0942 e. The van der Waals surface area contributed by atoms with Gasteiger partial charge in [-0.2, -0.15) is 0 Å². The van der Waals surface area contributed by atoms with Crippen molar-refractivity contribution < 1.29 is 0 Å². The molecule has 62 valence electrons. The zero-order valence-electron chi connectivity index (χ0n) is 7.21. The summed E-state index contributed by atoms with van der Waals surface area (Å²) >= 11 is 1.83. The summed E-state index contributed by atoms with van der Waals surface area (Å²) in [6.07, 6.45) is 1.17. The highest BCUT2D eigenvalue weighted by molar-refractivity contribution is 8.03. The van der Waals surface area contributed by atoms with Gasteiger partial charge in [0.25, 0.3) is 0 Å². The highest BCUT2D eigenvalue weighted by atomic mass is 32.2. The number of hydrogen-bond donors (Lipinski definition) is 0. The van der Waals surface area contributed by atoms with Gasteiger partial charge in [0.2, 0.25) is 0 Å². The number of hydrogen-bond acceptors (Lipinski definition) is 1. The fourth-order valence-corrected chi connectivity index (χ4v) is 2.89. The Morgan fingerprint density at radius 1 is 1.42 bits per heavy atom. The summed E-state index contributed by atoms with van der Waals surface area (Å²) < 4.78 is 0. The largest absolute Gasteiger partial charge is 0.0942 e. The maximum atomic E-state index is 4.08. The van der Waals surface area contributed by atoms with Gasteiger partial charge in [0.05, 0.1) is 0 Å². The molecular weight excluding hydrogens is 164 g/mol. The van der Waals surface area contributed by atoms with E-state index in [0.717, 1.165) is 0 Å². The standard InChI is InChI=1S/C11H12S/c1-3-9-8(2)12-11-7-5-4-6-10(9)11/h4-7,9H,2-3H2,1H3. The van der Waals surface area contributed by atoms with E-state index in [2.05, 4.69) is 37.8 Å². The van der Waals surface area contributed by atoms with Crippen molar-refractivity contribution >= 4 is 11.8 Å². The predicted molar refractivity (Wildman–Crippen MR) is 54.5 cm³/mol. The molecule has 1 aromatic carbocycles. The lowest BCUT2D eigenvalue weighted by molar-refractivity contribution is 0.794. The van der Waals surface area contributed by atoms with Crippen LogP contribution in [0.5, 0.6) is 0 Å². The molecule has 1 atom stereocenters. The third-order valence-electron chi connectivity index (χ3n) is 2.33. The number of benzene rings is 1. The molecule has 0 bridgehead atoms. The van der Waals surface area contributed by atoms with E-state index in [0.29, 0.717) is 5.92 Å². The van der Waals surface area contributed by atoms with Gasteiger partial charge in [0.15, 0.2) is 0 Å². The Morgan fingerprint density at radius 2 is 2.17 bits per heavy atom. The minimum absolute atomic E-state index is 0.589. The van der Waals surface area contributed by atoms with Crippen molar-refractivity contribution in [3.8, 4) is 0 Å². The van der Waals surface area contributed by atoms with Crippen molar-refractivity contribution in [1.82, 2.24) is 0 Å². The van der Waals surface area contributed by atoms with Crippen LogP contribution < -0.4 is 0 Å². The van der Waals surface area contributed by atoms with Gasteiger partial charge in [-0.3, -0.25) is 0 Å². The molecule has 0 saturated carbocycles. The summed E-state index contributed by atoms with van der Waals surface area (Å²) in [4.78, 5) is 2.70. The quantitative estimate of drug-likeness (QED) is 0.627. The second-order valence-corrected chi connectivity index (χ2v) is 4.24. The fourth-order valence-electron chi connectivity index (χ4n) is 1.69. The van der Waals surface area contributed by atoms with Crippen LogP contribution in [0.25, 0.3) is 0 Å². The summed E-state index contributed by atoms with van der Waals surface area (Å²) in [6.45, 7) is 6.30. The number of allylic oxidation sites excluding steroid dienone is 1. The van der Waals surface area contributed by atoms with Crippen LogP contribution in [0, 0.1) is 0 Å². The Kier molecular flexibility index (Phi) is 1.97. The van der Waals surface area contributed by atoms with Crippen LogP contribution in [-0.2, 0) is 0 Å². The second kappa shape index (κ2) is 2.98. The maximum Gasteiger partial charge on any atom is 0.0157 e. The van der Waals surface area contributed by atoms with Crippen LogP contribution in [0.3, 0.4) is 0 Å². The van der Waals surface area contributed by atoms with E-state index >= 15 is 0 Å². The van der Waals surface area contributed by atoms with Gasteiger partial charge in [-0.25, -0.2) is 0 Å².